The van der Waals surface area contributed by atoms with Crippen LogP contribution >= 0.6 is 12.4 Å². The number of fused-ring (bicyclic) bond motifs is 1. The van der Waals surface area contributed by atoms with Gasteiger partial charge in [-0.25, -0.2) is 9.59 Å². The molecule has 3 rings (SSSR count). The van der Waals surface area contributed by atoms with E-state index in [-0.39, 0.29) is 24.1 Å². The van der Waals surface area contributed by atoms with Gasteiger partial charge in [0.15, 0.2) is 0 Å². The zero-order chi connectivity index (χ0) is 18.4. The minimum atomic E-state index is -0.188. The van der Waals surface area contributed by atoms with E-state index < -0.39 is 0 Å². The Balaban J connectivity index is 0.00000261. The summed E-state index contributed by atoms with van der Waals surface area (Å²) in [5.41, 5.74) is 8.12. The number of imidazole rings is 1. The van der Waals surface area contributed by atoms with Crippen molar-refractivity contribution in [3.63, 3.8) is 0 Å². The summed E-state index contributed by atoms with van der Waals surface area (Å²) in [5, 5.41) is 2.88. The largest absolute Gasteiger partial charge is 0.336 e. The maximum atomic E-state index is 12.5. The van der Waals surface area contributed by atoms with E-state index in [4.69, 9.17) is 5.73 Å². The number of rotatable bonds is 7. The molecule has 0 aliphatic carbocycles. The van der Waals surface area contributed by atoms with Crippen LogP contribution in [-0.4, -0.2) is 40.1 Å². The summed E-state index contributed by atoms with van der Waals surface area (Å²) in [6, 6.07) is 17.1. The van der Waals surface area contributed by atoms with Crippen molar-refractivity contribution < 1.29 is 4.79 Å². The molecule has 7 nitrogen and oxygen atoms in total. The SMILES string of the molecule is Cl.NCCN(Cc1ccccc1)C(=O)NCCn1c(=O)[nH]c2ccccc21. The van der Waals surface area contributed by atoms with Crippen molar-refractivity contribution >= 4 is 29.5 Å². The van der Waals surface area contributed by atoms with Crippen LogP contribution in [0.15, 0.2) is 59.4 Å². The first-order chi connectivity index (χ1) is 12.7. The number of aromatic amines is 1. The second kappa shape index (κ2) is 9.80. The lowest BCUT2D eigenvalue weighted by atomic mass is 10.2. The van der Waals surface area contributed by atoms with Gasteiger partial charge in [-0.15, -0.1) is 12.4 Å². The van der Waals surface area contributed by atoms with E-state index in [0.717, 1.165) is 16.6 Å². The number of hydrogen-bond donors (Lipinski definition) is 3. The van der Waals surface area contributed by atoms with Gasteiger partial charge >= 0.3 is 11.7 Å². The molecule has 0 aliphatic rings. The maximum Gasteiger partial charge on any atom is 0.326 e. The second-order valence-corrected chi connectivity index (χ2v) is 6.03. The van der Waals surface area contributed by atoms with Crippen molar-refractivity contribution in [2.24, 2.45) is 5.73 Å². The first-order valence-electron chi connectivity index (χ1n) is 8.63. The van der Waals surface area contributed by atoms with Crippen LogP contribution in [0.1, 0.15) is 5.56 Å². The number of nitrogens with zero attached hydrogens (tertiary/aromatic N) is 2. The van der Waals surface area contributed by atoms with E-state index in [9.17, 15) is 9.59 Å². The lowest BCUT2D eigenvalue weighted by Crippen LogP contribution is -2.43. The van der Waals surface area contributed by atoms with E-state index in [0.29, 0.717) is 32.7 Å². The van der Waals surface area contributed by atoms with Gasteiger partial charge in [-0.1, -0.05) is 42.5 Å². The van der Waals surface area contributed by atoms with E-state index in [1.54, 1.807) is 9.47 Å². The van der Waals surface area contributed by atoms with Crippen molar-refractivity contribution in [1.29, 1.82) is 0 Å². The van der Waals surface area contributed by atoms with Crippen LogP contribution < -0.4 is 16.7 Å². The summed E-state index contributed by atoms with van der Waals surface area (Å²) in [7, 11) is 0. The van der Waals surface area contributed by atoms with Gasteiger partial charge in [0.25, 0.3) is 0 Å². The Morgan fingerprint density at radius 1 is 1.11 bits per heavy atom. The molecule has 4 N–H and O–H groups in total. The average Bonchev–Trinajstić information content (AvgIpc) is 2.97. The third kappa shape index (κ3) is 5.12. The molecule has 1 heterocycles. The van der Waals surface area contributed by atoms with Gasteiger partial charge in [0.2, 0.25) is 0 Å². The van der Waals surface area contributed by atoms with Gasteiger partial charge in [-0.2, -0.15) is 0 Å². The predicted molar refractivity (Wildman–Crippen MR) is 109 cm³/mol. The Morgan fingerprint density at radius 3 is 2.56 bits per heavy atom. The smallest absolute Gasteiger partial charge is 0.326 e. The number of nitrogens with one attached hydrogen (secondary N) is 2. The number of hydrogen-bond acceptors (Lipinski definition) is 3. The number of halogens is 1. The van der Waals surface area contributed by atoms with E-state index in [1.807, 2.05) is 54.6 Å². The fourth-order valence-corrected chi connectivity index (χ4v) is 2.93. The van der Waals surface area contributed by atoms with Gasteiger partial charge in [-0.05, 0) is 17.7 Å². The molecule has 27 heavy (non-hydrogen) atoms. The third-order valence-electron chi connectivity index (χ3n) is 4.20. The van der Waals surface area contributed by atoms with Gasteiger partial charge in [0.1, 0.15) is 0 Å². The van der Waals surface area contributed by atoms with Crippen molar-refractivity contribution in [1.82, 2.24) is 19.8 Å². The van der Waals surface area contributed by atoms with Crippen molar-refractivity contribution in [3.8, 4) is 0 Å². The monoisotopic (exact) mass is 389 g/mol. The van der Waals surface area contributed by atoms with E-state index >= 15 is 0 Å². The molecule has 0 bridgehead atoms. The molecule has 0 unspecified atom stereocenters. The molecule has 144 valence electrons. The van der Waals surface area contributed by atoms with Crippen LogP contribution in [0.3, 0.4) is 0 Å². The van der Waals surface area contributed by atoms with E-state index in [1.165, 1.54) is 0 Å². The fourth-order valence-electron chi connectivity index (χ4n) is 2.93. The highest BCUT2D eigenvalue weighted by Crippen LogP contribution is 2.08. The Kier molecular flexibility index (Phi) is 7.45. The van der Waals surface area contributed by atoms with Crippen LogP contribution in [0, 0.1) is 0 Å². The minimum absolute atomic E-state index is 0. The number of carbonyl (C=O) groups excluding carboxylic acids is 1. The Labute approximate surface area is 163 Å². The number of carbonyl (C=O) groups is 1. The molecule has 2 aromatic carbocycles. The number of benzene rings is 2. The molecule has 3 aromatic rings. The number of aromatic nitrogens is 2. The lowest BCUT2D eigenvalue weighted by molar-refractivity contribution is 0.196. The Bertz CT molecular complexity index is 922. The number of para-hydroxylation sites is 2. The van der Waals surface area contributed by atoms with Crippen molar-refractivity contribution in [2.75, 3.05) is 19.6 Å². The number of nitrogens with two attached hydrogens (primary N) is 1. The second-order valence-electron chi connectivity index (χ2n) is 6.03. The van der Waals surface area contributed by atoms with Gasteiger partial charge < -0.3 is 20.9 Å². The highest BCUT2D eigenvalue weighted by atomic mass is 35.5. The van der Waals surface area contributed by atoms with Crippen LogP contribution in [0.2, 0.25) is 0 Å². The first-order valence-corrected chi connectivity index (χ1v) is 8.63. The van der Waals surface area contributed by atoms with Crippen LogP contribution in [-0.2, 0) is 13.1 Å². The lowest BCUT2D eigenvalue weighted by Gasteiger charge is -2.22. The highest BCUT2D eigenvalue weighted by Gasteiger charge is 2.13. The zero-order valence-electron chi connectivity index (χ0n) is 14.9. The standard InChI is InChI=1S/C19H23N5O2.ClH/c20-10-12-23(14-15-6-2-1-3-7-15)18(25)21-11-13-24-17-9-5-4-8-16(17)22-19(24)26;/h1-9H,10-14,20H2,(H,21,25)(H,22,26);1H. The average molecular weight is 390 g/mol. The molecule has 0 aliphatic heterocycles. The number of H-pyrrole nitrogens is 1. The maximum absolute atomic E-state index is 12.5. The molecule has 8 heteroatoms. The van der Waals surface area contributed by atoms with Crippen molar-refractivity contribution in [3.05, 3.63) is 70.6 Å². The summed E-state index contributed by atoms with van der Waals surface area (Å²) in [6.07, 6.45) is 0. The number of urea groups is 1. The Hall–Kier alpha value is -2.77. The summed E-state index contributed by atoms with van der Waals surface area (Å²) >= 11 is 0. The molecule has 0 fully saturated rings. The minimum Gasteiger partial charge on any atom is -0.336 e. The molecular weight excluding hydrogens is 366 g/mol. The molecule has 1 aromatic heterocycles. The van der Waals surface area contributed by atoms with Gasteiger partial charge in [-0.3, -0.25) is 4.57 Å². The molecule has 0 atom stereocenters. The quantitative estimate of drug-likeness (QED) is 0.576. The molecule has 0 saturated carbocycles. The summed E-state index contributed by atoms with van der Waals surface area (Å²) in [5.74, 6) is 0. The van der Waals surface area contributed by atoms with Crippen LogP contribution in [0.5, 0.6) is 0 Å². The molecular formula is C19H24ClN5O2. The van der Waals surface area contributed by atoms with Gasteiger partial charge in [0, 0.05) is 32.7 Å². The van der Waals surface area contributed by atoms with Crippen molar-refractivity contribution in [2.45, 2.75) is 13.1 Å². The summed E-state index contributed by atoms with van der Waals surface area (Å²) < 4.78 is 1.63. The highest BCUT2D eigenvalue weighted by molar-refractivity contribution is 5.85. The van der Waals surface area contributed by atoms with Crippen LogP contribution in [0.25, 0.3) is 11.0 Å². The zero-order valence-corrected chi connectivity index (χ0v) is 15.7. The first kappa shape index (κ1) is 20.5. The molecule has 0 saturated heterocycles. The number of amides is 2. The third-order valence-corrected chi connectivity index (χ3v) is 4.20. The summed E-state index contributed by atoms with van der Waals surface area (Å²) in [4.78, 5) is 29.0. The van der Waals surface area contributed by atoms with Crippen LogP contribution in [0.4, 0.5) is 4.79 Å². The molecule has 0 radical (unpaired) electrons. The molecule has 0 spiro atoms. The Morgan fingerprint density at radius 2 is 1.81 bits per heavy atom. The topological polar surface area (TPSA) is 96.2 Å². The predicted octanol–water partition coefficient (Wildman–Crippen LogP) is 1.92. The van der Waals surface area contributed by atoms with E-state index in [2.05, 4.69) is 10.3 Å². The fraction of sp³-hybridized carbons (Fsp3) is 0.263. The molecule has 2 amide bonds. The summed E-state index contributed by atoms with van der Waals surface area (Å²) in [6.45, 7) is 2.11. The van der Waals surface area contributed by atoms with Gasteiger partial charge in [0.05, 0.1) is 11.0 Å². The normalized spacial score (nSPS) is 10.4.